The molecule has 0 spiro atoms. The molecule has 0 aromatic heterocycles. The van der Waals surface area contributed by atoms with Crippen molar-refractivity contribution in [1.29, 1.82) is 0 Å². The van der Waals surface area contributed by atoms with Crippen LogP contribution in [-0.4, -0.2) is 20.1 Å². The summed E-state index contributed by atoms with van der Waals surface area (Å²) in [5.41, 5.74) is 0. The molecular weight excluding hydrogens is 146 g/mol. The van der Waals surface area contributed by atoms with E-state index in [2.05, 4.69) is 20.9 Å². The van der Waals surface area contributed by atoms with E-state index < -0.39 is 0 Å². The smallest absolute Gasteiger partial charge is 0.0768 e. The predicted octanol–water partition coefficient (Wildman–Crippen LogP) is -2.28. The number of hydrogen-bond donors (Lipinski definition) is 1. The van der Waals surface area contributed by atoms with Crippen LogP contribution >= 0.6 is 0 Å². The third-order valence-electron chi connectivity index (χ3n) is 1.81. The van der Waals surface area contributed by atoms with Crippen molar-refractivity contribution in [1.82, 2.24) is 0 Å². The van der Waals surface area contributed by atoms with Crippen LogP contribution in [0.2, 0.25) is 0 Å². The molecule has 1 atom stereocenters. The fourth-order valence-corrected chi connectivity index (χ4v) is 0.854. The molecule has 0 bridgehead atoms. The molecule has 0 aliphatic carbocycles. The van der Waals surface area contributed by atoms with Gasteiger partial charge in [-0.1, -0.05) is 13.3 Å². The molecule has 0 aromatic carbocycles. The summed E-state index contributed by atoms with van der Waals surface area (Å²) in [6, 6.07) is 0. The zero-order valence-electron chi connectivity index (χ0n) is 7.41. The molecule has 2 heteroatoms. The highest BCUT2D eigenvalue weighted by atomic mass is 35.5. The van der Waals surface area contributed by atoms with E-state index in [1.165, 1.54) is 32.4 Å². The van der Waals surface area contributed by atoms with E-state index in [4.69, 9.17) is 0 Å². The second-order valence-electron chi connectivity index (χ2n) is 2.77. The maximum atomic E-state index is 2.26. The van der Waals surface area contributed by atoms with E-state index in [0.717, 1.165) is 0 Å². The fourth-order valence-electron chi connectivity index (χ4n) is 0.854. The van der Waals surface area contributed by atoms with Gasteiger partial charge in [-0.25, -0.2) is 0 Å². The molecule has 0 aliphatic heterocycles. The number of halogens is 1. The van der Waals surface area contributed by atoms with Gasteiger partial charge in [0.05, 0.1) is 20.1 Å². The van der Waals surface area contributed by atoms with Crippen molar-refractivity contribution < 1.29 is 17.3 Å². The highest BCUT2D eigenvalue weighted by Crippen LogP contribution is 1.88. The van der Waals surface area contributed by atoms with Crippen molar-refractivity contribution in [3.05, 3.63) is 0 Å². The molecule has 64 valence electrons. The second-order valence-corrected chi connectivity index (χ2v) is 2.77. The lowest BCUT2D eigenvalue weighted by Gasteiger charge is -2.09. The Kier molecular flexibility index (Phi) is 11.9. The number of rotatable bonds is 5. The minimum atomic E-state index is 0. The van der Waals surface area contributed by atoms with Crippen molar-refractivity contribution in [3.63, 3.8) is 0 Å². The number of quaternary nitrogens is 1. The molecule has 0 saturated carbocycles. The molecule has 0 amide bonds. The average Bonchev–Trinajstić information content (AvgIpc) is 1.89. The third kappa shape index (κ3) is 8.25. The quantitative estimate of drug-likeness (QED) is 0.438. The number of nitrogens with one attached hydrogen (secondary N) is 1. The van der Waals surface area contributed by atoms with E-state index in [9.17, 15) is 0 Å². The SMILES string of the molecule is CCCCC[NH+](C)CC.[Cl-]. The zero-order valence-corrected chi connectivity index (χ0v) is 8.17. The molecule has 1 N–H and O–H groups in total. The van der Waals surface area contributed by atoms with E-state index in [1.807, 2.05) is 0 Å². The molecule has 0 fully saturated rings. The molecule has 10 heavy (non-hydrogen) atoms. The lowest BCUT2D eigenvalue weighted by Crippen LogP contribution is -3.08. The van der Waals surface area contributed by atoms with Crippen LogP contribution < -0.4 is 17.3 Å². The summed E-state index contributed by atoms with van der Waals surface area (Å²) in [5.74, 6) is 0. The summed E-state index contributed by atoms with van der Waals surface area (Å²) in [7, 11) is 2.26. The van der Waals surface area contributed by atoms with Crippen LogP contribution in [0.5, 0.6) is 0 Å². The normalized spacial score (nSPS) is 12.3. The minimum absolute atomic E-state index is 0. The van der Waals surface area contributed by atoms with Gasteiger partial charge in [0.15, 0.2) is 0 Å². The van der Waals surface area contributed by atoms with Crippen LogP contribution in [0.25, 0.3) is 0 Å². The standard InChI is InChI=1S/C8H19N.ClH/c1-4-6-7-8-9(3)5-2;/h4-8H2,1-3H3;1H. The molecule has 0 radical (unpaired) electrons. The number of hydrogen-bond acceptors (Lipinski definition) is 0. The third-order valence-corrected chi connectivity index (χ3v) is 1.81. The molecule has 1 unspecified atom stereocenters. The van der Waals surface area contributed by atoms with E-state index in [0.29, 0.717) is 0 Å². The lowest BCUT2D eigenvalue weighted by atomic mass is 10.2. The van der Waals surface area contributed by atoms with Gasteiger partial charge < -0.3 is 17.3 Å². The molecular formula is C8H20ClN. The first-order valence-electron chi connectivity index (χ1n) is 4.12. The second kappa shape index (κ2) is 9.25. The molecule has 1 nitrogen and oxygen atoms in total. The van der Waals surface area contributed by atoms with Crippen molar-refractivity contribution in [2.24, 2.45) is 0 Å². The summed E-state index contributed by atoms with van der Waals surface area (Å²) >= 11 is 0. The predicted molar refractivity (Wildman–Crippen MR) is 41.8 cm³/mol. The van der Waals surface area contributed by atoms with Crippen LogP contribution in [-0.2, 0) is 0 Å². The largest absolute Gasteiger partial charge is 1.00 e. The van der Waals surface area contributed by atoms with Gasteiger partial charge in [0.2, 0.25) is 0 Å². The highest BCUT2D eigenvalue weighted by Gasteiger charge is 1.94. The molecule has 0 heterocycles. The Hall–Kier alpha value is 0.250. The van der Waals surface area contributed by atoms with Crippen LogP contribution in [0.3, 0.4) is 0 Å². The molecule has 0 aliphatic rings. The van der Waals surface area contributed by atoms with E-state index >= 15 is 0 Å². The van der Waals surface area contributed by atoms with Crippen LogP contribution in [0.1, 0.15) is 33.1 Å². The van der Waals surface area contributed by atoms with E-state index in [-0.39, 0.29) is 12.4 Å². The summed E-state index contributed by atoms with van der Waals surface area (Å²) in [5, 5.41) is 0. The first kappa shape index (κ1) is 12.9. The van der Waals surface area contributed by atoms with Gasteiger partial charge >= 0.3 is 0 Å². The lowest BCUT2D eigenvalue weighted by molar-refractivity contribution is -0.877. The Labute approximate surface area is 71.2 Å². The van der Waals surface area contributed by atoms with Gasteiger partial charge in [0.1, 0.15) is 0 Å². The van der Waals surface area contributed by atoms with Crippen molar-refractivity contribution in [2.45, 2.75) is 33.1 Å². The van der Waals surface area contributed by atoms with Gasteiger partial charge in [-0.2, -0.15) is 0 Å². The Balaban J connectivity index is 0. The Morgan fingerprint density at radius 1 is 1.10 bits per heavy atom. The maximum Gasteiger partial charge on any atom is 0.0768 e. The topological polar surface area (TPSA) is 4.44 Å². The fraction of sp³-hybridized carbons (Fsp3) is 1.00. The highest BCUT2D eigenvalue weighted by molar-refractivity contribution is 4.32. The van der Waals surface area contributed by atoms with Crippen LogP contribution in [0, 0.1) is 0 Å². The molecule has 0 saturated heterocycles. The summed E-state index contributed by atoms with van der Waals surface area (Å²) in [6.45, 7) is 7.11. The first-order valence-corrected chi connectivity index (χ1v) is 4.12. The van der Waals surface area contributed by atoms with Gasteiger partial charge in [0, 0.05) is 0 Å². The minimum Gasteiger partial charge on any atom is -1.00 e. The van der Waals surface area contributed by atoms with Crippen LogP contribution in [0.4, 0.5) is 0 Å². The average molecular weight is 166 g/mol. The van der Waals surface area contributed by atoms with Gasteiger partial charge in [-0.05, 0) is 19.8 Å². The van der Waals surface area contributed by atoms with Gasteiger partial charge in [-0.15, -0.1) is 0 Å². The summed E-state index contributed by atoms with van der Waals surface area (Å²) in [6.07, 6.45) is 4.14. The van der Waals surface area contributed by atoms with Gasteiger partial charge in [0.25, 0.3) is 0 Å². The van der Waals surface area contributed by atoms with Gasteiger partial charge in [-0.3, -0.25) is 0 Å². The monoisotopic (exact) mass is 165 g/mol. The Bertz CT molecular complexity index is 57.2. The number of unbranched alkanes of at least 4 members (excludes halogenated alkanes) is 2. The van der Waals surface area contributed by atoms with E-state index in [1.54, 1.807) is 4.90 Å². The Morgan fingerprint density at radius 3 is 2.10 bits per heavy atom. The summed E-state index contributed by atoms with van der Waals surface area (Å²) < 4.78 is 0. The van der Waals surface area contributed by atoms with Crippen LogP contribution in [0.15, 0.2) is 0 Å². The summed E-state index contributed by atoms with van der Waals surface area (Å²) in [4.78, 5) is 1.66. The van der Waals surface area contributed by atoms with Crippen molar-refractivity contribution in [3.8, 4) is 0 Å². The molecule has 0 aromatic rings. The van der Waals surface area contributed by atoms with Crippen molar-refractivity contribution in [2.75, 3.05) is 20.1 Å². The first-order chi connectivity index (χ1) is 4.31. The van der Waals surface area contributed by atoms with Crippen molar-refractivity contribution >= 4 is 0 Å². The zero-order chi connectivity index (χ0) is 7.11. The maximum absolute atomic E-state index is 2.26. The Morgan fingerprint density at radius 2 is 1.70 bits per heavy atom. The molecule has 0 rings (SSSR count).